The first-order valence-electron chi connectivity index (χ1n) is 3.35. The lowest BCUT2D eigenvalue weighted by Gasteiger charge is -1.90. The number of rotatable bonds is 1. The minimum absolute atomic E-state index is 0.250. The molecular weight excluding hydrogens is 132 g/mol. The van der Waals surface area contributed by atoms with Gasteiger partial charge in [0.25, 0.3) is 0 Å². The minimum atomic E-state index is 0.250. The van der Waals surface area contributed by atoms with Gasteiger partial charge in [-0.25, -0.2) is 0 Å². The highest BCUT2D eigenvalue weighted by atomic mass is 16.3. The molecule has 0 atom stereocenters. The van der Waals surface area contributed by atoms with Crippen molar-refractivity contribution in [2.45, 2.75) is 20.8 Å². The van der Waals surface area contributed by atoms with Gasteiger partial charge in [-0.1, -0.05) is 13.8 Å². The van der Waals surface area contributed by atoms with Gasteiger partial charge in [0.15, 0.2) is 0 Å². The Labute approximate surface area is 63.3 Å². The average molecular weight is 152 g/mol. The van der Waals surface area contributed by atoms with Crippen molar-refractivity contribution in [1.29, 1.82) is 0 Å². The smallest absolute Gasteiger partial charge is 0.0453 e. The predicted octanol–water partition coefficient (Wildman–Crippen LogP) is 0.242. The monoisotopic (exact) mass is 152 g/mol. The van der Waals surface area contributed by atoms with Gasteiger partial charge in [0.2, 0.25) is 0 Å². The third-order valence-electron chi connectivity index (χ3n) is 0.365. The third-order valence-corrected chi connectivity index (χ3v) is 0.365. The van der Waals surface area contributed by atoms with Crippen molar-refractivity contribution < 1.29 is 15.3 Å². The van der Waals surface area contributed by atoms with Crippen LogP contribution in [0.15, 0.2) is 0 Å². The van der Waals surface area contributed by atoms with E-state index in [1.165, 1.54) is 0 Å². The lowest BCUT2D eigenvalue weighted by molar-refractivity contribution is 0.248. The Bertz CT molecular complexity index is 30.0. The summed E-state index contributed by atoms with van der Waals surface area (Å²) in [5.74, 6) is 0.440. The van der Waals surface area contributed by atoms with Crippen LogP contribution >= 0.6 is 0 Å². The van der Waals surface area contributed by atoms with Crippen molar-refractivity contribution in [3.63, 3.8) is 0 Å². The van der Waals surface area contributed by atoms with Gasteiger partial charge >= 0.3 is 0 Å². The van der Waals surface area contributed by atoms with Crippen LogP contribution in [0.25, 0.3) is 0 Å². The Morgan fingerprint density at radius 2 is 1.20 bits per heavy atom. The molecule has 0 aliphatic carbocycles. The van der Waals surface area contributed by atoms with Crippen LogP contribution in [0, 0.1) is 5.92 Å². The molecule has 3 nitrogen and oxygen atoms in total. The van der Waals surface area contributed by atoms with Crippen LogP contribution in [-0.2, 0) is 0 Å². The fraction of sp³-hybridized carbons (Fsp3) is 1.00. The number of aliphatic hydroxyl groups excluding tert-OH is 3. The maximum absolute atomic E-state index is 8.14. The molecule has 3 heteroatoms. The molecule has 0 unspecified atom stereocenters. The Kier molecular flexibility index (Phi) is 38.1. The first kappa shape index (κ1) is 16.5. The topological polar surface area (TPSA) is 60.7 Å². The van der Waals surface area contributed by atoms with E-state index in [-0.39, 0.29) is 6.61 Å². The zero-order valence-electron chi connectivity index (χ0n) is 7.33. The largest absolute Gasteiger partial charge is 0.400 e. The summed E-state index contributed by atoms with van der Waals surface area (Å²) in [7, 11) is 1.00. The Morgan fingerprint density at radius 3 is 1.20 bits per heavy atom. The highest BCUT2D eigenvalue weighted by Crippen LogP contribution is 1.83. The molecule has 66 valence electrons. The summed E-state index contributed by atoms with van der Waals surface area (Å²) < 4.78 is 0. The van der Waals surface area contributed by atoms with Crippen LogP contribution < -0.4 is 0 Å². The SMILES string of the molecule is CC(C)CO.CCO.CO. The summed E-state index contributed by atoms with van der Waals surface area (Å²) in [6, 6.07) is 0. The zero-order chi connectivity index (χ0) is 8.99. The molecule has 3 N–H and O–H groups in total. The van der Waals surface area contributed by atoms with E-state index in [1.54, 1.807) is 6.92 Å². The number of hydrogen-bond donors (Lipinski definition) is 3. The molecule has 0 fully saturated rings. The van der Waals surface area contributed by atoms with Gasteiger partial charge in [-0.05, 0) is 12.8 Å². The fourth-order valence-corrected chi connectivity index (χ4v) is 0. The Morgan fingerprint density at radius 1 is 1.10 bits per heavy atom. The molecule has 0 radical (unpaired) electrons. The van der Waals surface area contributed by atoms with Gasteiger partial charge in [0.05, 0.1) is 0 Å². The van der Waals surface area contributed by atoms with E-state index in [0.717, 1.165) is 7.11 Å². The third kappa shape index (κ3) is 106. The van der Waals surface area contributed by atoms with Gasteiger partial charge in [0.1, 0.15) is 0 Å². The Balaban J connectivity index is -0.0000000847. The van der Waals surface area contributed by atoms with Crippen LogP contribution in [-0.4, -0.2) is 35.6 Å². The summed E-state index contributed by atoms with van der Waals surface area (Å²) in [5.41, 5.74) is 0. The molecule has 0 rings (SSSR count). The van der Waals surface area contributed by atoms with Crippen molar-refractivity contribution in [3.05, 3.63) is 0 Å². The van der Waals surface area contributed by atoms with Crippen molar-refractivity contribution in [2.24, 2.45) is 5.92 Å². The van der Waals surface area contributed by atoms with Gasteiger partial charge in [0, 0.05) is 20.3 Å². The van der Waals surface area contributed by atoms with E-state index in [0.29, 0.717) is 12.5 Å². The first-order chi connectivity index (χ1) is 4.68. The lowest BCUT2D eigenvalue weighted by Crippen LogP contribution is -1.90. The minimum Gasteiger partial charge on any atom is -0.400 e. The quantitative estimate of drug-likeness (QED) is 0.504. The summed E-state index contributed by atoms with van der Waals surface area (Å²) >= 11 is 0. The second-order valence-electron chi connectivity index (χ2n) is 1.89. The summed E-state index contributed by atoms with van der Waals surface area (Å²) in [5, 5.41) is 22.7. The highest BCUT2D eigenvalue weighted by molar-refractivity contribution is 4.32. The predicted molar refractivity (Wildman–Crippen MR) is 42.8 cm³/mol. The lowest BCUT2D eigenvalue weighted by atomic mass is 10.2. The molecule has 0 aliphatic rings. The van der Waals surface area contributed by atoms with Crippen molar-refractivity contribution in [1.82, 2.24) is 0 Å². The Hall–Kier alpha value is -0.120. The van der Waals surface area contributed by atoms with E-state index in [9.17, 15) is 0 Å². The van der Waals surface area contributed by atoms with Crippen LogP contribution in [0.1, 0.15) is 20.8 Å². The molecule has 0 aromatic heterocycles. The average Bonchev–Trinajstić information content (AvgIpc) is 1.94. The van der Waals surface area contributed by atoms with Gasteiger partial charge < -0.3 is 15.3 Å². The van der Waals surface area contributed by atoms with Crippen LogP contribution in [0.5, 0.6) is 0 Å². The normalized spacial score (nSPS) is 7.20. The van der Waals surface area contributed by atoms with E-state index in [4.69, 9.17) is 15.3 Å². The summed E-state index contributed by atoms with van der Waals surface area (Å²) in [6.07, 6.45) is 0. The molecule has 0 amide bonds. The maximum atomic E-state index is 8.14. The molecular formula is C7H20O3. The second-order valence-corrected chi connectivity index (χ2v) is 1.89. The van der Waals surface area contributed by atoms with Crippen LogP contribution in [0.4, 0.5) is 0 Å². The van der Waals surface area contributed by atoms with Crippen molar-refractivity contribution in [2.75, 3.05) is 20.3 Å². The van der Waals surface area contributed by atoms with Crippen LogP contribution in [0.3, 0.4) is 0 Å². The number of hydrogen-bond acceptors (Lipinski definition) is 3. The molecule has 0 spiro atoms. The van der Waals surface area contributed by atoms with E-state index >= 15 is 0 Å². The van der Waals surface area contributed by atoms with Crippen LogP contribution in [0.2, 0.25) is 0 Å². The van der Waals surface area contributed by atoms with E-state index < -0.39 is 0 Å². The van der Waals surface area contributed by atoms with Crippen molar-refractivity contribution in [3.8, 4) is 0 Å². The maximum Gasteiger partial charge on any atom is 0.0453 e. The zero-order valence-corrected chi connectivity index (χ0v) is 7.33. The first-order valence-corrected chi connectivity index (χ1v) is 3.35. The van der Waals surface area contributed by atoms with E-state index in [1.807, 2.05) is 13.8 Å². The molecule has 0 heterocycles. The van der Waals surface area contributed by atoms with E-state index in [2.05, 4.69) is 0 Å². The standard InChI is InChI=1S/C4H10O.C2H6O.CH4O/c1-4(2)3-5;1-2-3;1-2/h4-5H,3H2,1-2H3;3H,2H2,1H3;2H,1H3. The molecule has 0 aromatic carbocycles. The molecule has 0 aliphatic heterocycles. The second kappa shape index (κ2) is 23.2. The summed E-state index contributed by atoms with van der Waals surface area (Å²) in [4.78, 5) is 0. The summed E-state index contributed by atoms with van der Waals surface area (Å²) in [6.45, 7) is 6.18. The van der Waals surface area contributed by atoms with Crippen molar-refractivity contribution >= 4 is 0 Å². The molecule has 0 bridgehead atoms. The molecule has 0 saturated carbocycles. The van der Waals surface area contributed by atoms with Gasteiger partial charge in [-0.15, -0.1) is 0 Å². The number of aliphatic hydroxyl groups is 3. The fourth-order valence-electron chi connectivity index (χ4n) is 0. The van der Waals surface area contributed by atoms with Gasteiger partial charge in [-0.2, -0.15) is 0 Å². The molecule has 10 heavy (non-hydrogen) atoms. The molecule has 0 aromatic rings. The highest BCUT2D eigenvalue weighted by Gasteiger charge is 1.81. The van der Waals surface area contributed by atoms with Gasteiger partial charge in [-0.3, -0.25) is 0 Å². The molecule has 0 saturated heterocycles.